The van der Waals surface area contributed by atoms with Crippen LogP contribution in [0.25, 0.3) is 0 Å². The van der Waals surface area contributed by atoms with Crippen molar-refractivity contribution in [2.24, 2.45) is 0 Å². The first-order valence-electron chi connectivity index (χ1n) is 10.2. The molecule has 0 aromatic heterocycles. The van der Waals surface area contributed by atoms with Crippen LogP contribution in [0.1, 0.15) is 39.9 Å². The maximum atomic E-state index is 13.2. The first-order chi connectivity index (χ1) is 14.0. The van der Waals surface area contributed by atoms with E-state index in [1.54, 1.807) is 12.1 Å². The fourth-order valence-corrected chi connectivity index (χ4v) is 3.77. The third kappa shape index (κ3) is 5.67. The zero-order chi connectivity index (χ0) is 20.8. The molecule has 1 fully saturated rings. The van der Waals surface area contributed by atoms with Crippen LogP contribution in [0.3, 0.4) is 0 Å². The first kappa shape index (κ1) is 21.1. The van der Waals surface area contributed by atoms with Crippen molar-refractivity contribution in [3.8, 4) is 0 Å². The van der Waals surface area contributed by atoms with Gasteiger partial charge >= 0.3 is 5.97 Å². The Morgan fingerprint density at radius 1 is 1.00 bits per heavy atom. The number of hydrogen-bond acceptors (Lipinski definition) is 4. The van der Waals surface area contributed by atoms with Crippen molar-refractivity contribution in [2.45, 2.75) is 38.8 Å². The van der Waals surface area contributed by atoms with Gasteiger partial charge in [0.05, 0.1) is 19.1 Å². The Bertz CT molecular complexity index is 822. The van der Waals surface area contributed by atoms with Crippen LogP contribution in [0.15, 0.2) is 48.5 Å². The summed E-state index contributed by atoms with van der Waals surface area (Å²) in [6, 6.07) is 15.8. The van der Waals surface area contributed by atoms with Gasteiger partial charge in [-0.15, -0.1) is 0 Å². The minimum Gasteiger partial charge on any atom is -0.465 e. The van der Waals surface area contributed by atoms with Crippen molar-refractivity contribution in [1.82, 2.24) is 9.80 Å². The minimum absolute atomic E-state index is 0.153. The standard InChI is InChI=1S/C24H30N2O3/c1-18-4-6-19(7-5-18)16-23(27)26(22-12-14-25(2)15-13-22)17-20-8-10-21(11-9-20)24(28)29-3/h4-11,22H,12-17H2,1-3H3. The van der Waals surface area contributed by atoms with Gasteiger partial charge in [-0.2, -0.15) is 0 Å². The quantitative estimate of drug-likeness (QED) is 0.704. The van der Waals surface area contributed by atoms with E-state index in [2.05, 4.69) is 18.9 Å². The Hall–Kier alpha value is -2.66. The van der Waals surface area contributed by atoms with Crippen molar-refractivity contribution >= 4 is 11.9 Å². The largest absolute Gasteiger partial charge is 0.465 e. The Labute approximate surface area is 173 Å². The topological polar surface area (TPSA) is 49.9 Å². The summed E-state index contributed by atoms with van der Waals surface area (Å²) in [6.45, 7) is 4.61. The highest BCUT2D eigenvalue weighted by atomic mass is 16.5. The zero-order valence-electron chi connectivity index (χ0n) is 17.6. The molecule has 0 saturated carbocycles. The van der Waals surface area contributed by atoms with Gasteiger partial charge in [-0.3, -0.25) is 4.79 Å². The van der Waals surface area contributed by atoms with Crippen molar-refractivity contribution in [3.63, 3.8) is 0 Å². The van der Waals surface area contributed by atoms with Gasteiger partial charge in [0.1, 0.15) is 0 Å². The van der Waals surface area contributed by atoms with Crippen molar-refractivity contribution in [1.29, 1.82) is 0 Å². The smallest absolute Gasteiger partial charge is 0.337 e. The molecule has 0 radical (unpaired) electrons. The maximum absolute atomic E-state index is 13.2. The number of hydrogen-bond donors (Lipinski definition) is 0. The molecule has 0 spiro atoms. The highest BCUT2D eigenvalue weighted by molar-refractivity contribution is 5.89. The van der Waals surface area contributed by atoms with E-state index in [4.69, 9.17) is 4.74 Å². The van der Waals surface area contributed by atoms with Crippen molar-refractivity contribution < 1.29 is 14.3 Å². The first-order valence-corrected chi connectivity index (χ1v) is 10.2. The van der Waals surface area contributed by atoms with Crippen LogP contribution in [-0.2, 0) is 22.5 Å². The number of rotatable bonds is 6. The van der Waals surface area contributed by atoms with Gasteiger partial charge in [0, 0.05) is 12.6 Å². The third-order valence-corrected chi connectivity index (χ3v) is 5.65. The van der Waals surface area contributed by atoms with Crippen LogP contribution >= 0.6 is 0 Å². The molecule has 0 atom stereocenters. The minimum atomic E-state index is -0.348. The van der Waals surface area contributed by atoms with E-state index < -0.39 is 0 Å². The summed E-state index contributed by atoms with van der Waals surface area (Å²) in [6.07, 6.45) is 2.37. The second kappa shape index (κ2) is 9.70. The fourth-order valence-electron chi connectivity index (χ4n) is 3.77. The molecule has 1 aliphatic rings. The number of methoxy groups -OCH3 is 1. The van der Waals surface area contributed by atoms with Gasteiger partial charge in [0.2, 0.25) is 5.91 Å². The Morgan fingerprint density at radius 2 is 1.59 bits per heavy atom. The number of aryl methyl sites for hydroxylation is 1. The summed E-state index contributed by atoms with van der Waals surface area (Å²) >= 11 is 0. The molecule has 5 nitrogen and oxygen atoms in total. The number of carbonyl (C=O) groups excluding carboxylic acids is 2. The highest BCUT2D eigenvalue weighted by Gasteiger charge is 2.27. The molecule has 2 aromatic carbocycles. The van der Waals surface area contributed by atoms with E-state index in [1.807, 2.05) is 41.3 Å². The molecule has 1 aliphatic heterocycles. The summed E-state index contributed by atoms with van der Waals surface area (Å²) < 4.78 is 4.77. The lowest BCUT2D eigenvalue weighted by atomic mass is 10.0. The third-order valence-electron chi connectivity index (χ3n) is 5.65. The normalized spacial score (nSPS) is 15.1. The molecule has 154 valence electrons. The van der Waals surface area contributed by atoms with Crippen molar-refractivity contribution in [3.05, 3.63) is 70.8 Å². The summed E-state index contributed by atoms with van der Waals surface area (Å²) in [5.41, 5.74) is 3.78. The number of ether oxygens (including phenoxy) is 1. The Kier molecular flexibility index (Phi) is 7.04. The molecule has 0 N–H and O–H groups in total. The van der Waals surface area contributed by atoms with E-state index in [-0.39, 0.29) is 17.9 Å². The second-order valence-corrected chi connectivity index (χ2v) is 7.91. The number of esters is 1. The van der Waals surface area contributed by atoms with E-state index in [1.165, 1.54) is 12.7 Å². The number of amides is 1. The molecule has 0 unspecified atom stereocenters. The average molecular weight is 395 g/mol. The predicted molar refractivity (Wildman–Crippen MR) is 114 cm³/mol. The van der Waals surface area contributed by atoms with Gasteiger partial charge in [-0.25, -0.2) is 4.79 Å². The predicted octanol–water partition coefficient (Wildman–Crippen LogP) is 3.45. The SMILES string of the molecule is COC(=O)c1ccc(CN(C(=O)Cc2ccc(C)cc2)C2CCN(C)CC2)cc1. The molecule has 29 heavy (non-hydrogen) atoms. The number of benzene rings is 2. The summed E-state index contributed by atoms with van der Waals surface area (Å²) in [7, 11) is 3.50. The molecular formula is C24H30N2O3. The van der Waals surface area contributed by atoms with Gasteiger partial charge in [-0.1, -0.05) is 42.0 Å². The van der Waals surface area contributed by atoms with Crippen LogP contribution in [0.4, 0.5) is 0 Å². The van der Waals surface area contributed by atoms with Crippen LogP contribution in [0.5, 0.6) is 0 Å². The molecule has 3 rings (SSSR count). The lowest BCUT2D eigenvalue weighted by Crippen LogP contribution is -2.46. The van der Waals surface area contributed by atoms with E-state index in [0.717, 1.165) is 37.1 Å². The maximum Gasteiger partial charge on any atom is 0.337 e. The molecule has 2 aromatic rings. The van der Waals surface area contributed by atoms with Gasteiger partial charge in [-0.05, 0) is 63.2 Å². The van der Waals surface area contributed by atoms with Gasteiger partial charge < -0.3 is 14.5 Å². The number of nitrogens with zero attached hydrogens (tertiary/aromatic N) is 2. The van der Waals surface area contributed by atoms with Gasteiger partial charge in [0.25, 0.3) is 0 Å². The Morgan fingerprint density at radius 3 is 2.17 bits per heavy atom. The van der Waals surface area contributed by atoms with Gasteiger partial charge in [0.15, 0.2) is 0 Å². The zero-order valence-corrected chi connectivity index (χ0v) is 17.6. The number of likely N-dealkylation sites (tertiary alicyclic amines) is 1. The van der Waals surface area contributed by atoms with Crippen molar-refractivity contribution in [2.75, 3.05) is 27.2 Å². The molecule has 0 bridgehead atoms. The number of piperidine rings is 1. The Balaban J connectivity index is 1.76. The lowest BCUT2D eigenvalue weighted by Gasteiger charge is -2.37. The molecule has 5 heteroatoms. The lowest BCUT2D eigenvalue weighted by molar-refractivity contribution is -0.134. The van der Waals surface area contributed by atoms with Crippen LogP contribution in [-0.4, -0.2) is 55.0 Å². The second-order valence-electron chi connectivity index (χ2n) is 7.91. The molecule has 1 amide bonds. The van der Waals surface area contributed by atoms with E-state index in [0.29, 0.717) is 18.5 Å². The molecule has 0 aliphatic carbocycles. The average Bonchev–Trinajstić information content (AvgIpc) is 2.74. The number of carbonyl (C=O) groups is 2. The van der Waals surface area contributed by atoms with Crippen LogP contribution < -0.4 is 0 Å². The van der Waals surface area contributed by atoms with Crippen LogP contribution in [0, 0.1) is 6.92 Å². The van der Waals surface area contributed by atoms with E-state index >= 15 is 0 Å². The van der Waals surface area contributed by atoms with Crippen LogP contribution in [0.2, 0.25) is 0 Å². The monoisotopic (exact) mass is 394 g/mol. The summed E-state index contributed by atoms with van der Waals surface area (Å²) in [5, 5.41) is 0. The highest BCUT2D eigenvalue weighted by Crippen LogP contribution is 2.20. The molecule has 1 saturated heterocycles. The molecule has 1 heterocycles. The van der Waals surface area contributed by atoms with E-state index in [9.17, 15) is 9.59 Å². The summed E-state index contributed by atoms with van der Waals surface area (Å²) in [5.74, 6) is -0.195. The summed E-state index contributed by atoms with van der Waals surface area (Å²) in [4.78, 5) is 29.2. The molecular weight excluding hydrogens is 364 g/mol. The fraction of sp³-hybridized carbons (Fsp3) is 0.417.